The molecule has 23 heavy (non-hydrogen) atoms. The Bertz CT molecular complexity index is 774. The van der Waals surface area contributed by atoms with E-state index in [2.05, 4.69) is 61.2 Å². The van der Waals surface area contributed by atoms with E-state index in [9.17, 15) is 5.21 Å². The van der Waals surface area contributed by atoms with Gasteiger partial charge in [0, 0.05) is 20.3 Å². The number of hydrogen-bond donors (Lipinski definition) is 0. The first-order valence-electron chi connectivity index (χ1n) is 8.30. The second-order valence-electron chi connectivity index (χ2n) is 7.54. The van der Waals surface area contributed by atoms with Crippen molar-refractivity contribution in [2.75, 3.05) is 7.05 Å². The van der Waals surface area contributed by atoms with Crippen LogP contribution in [-0.2, 0) is 6.42 Å². The van der Waals surface area contributed by atoms with Crippen molar-refractivity contribution in [3.8, 4) is 0 Å². The van der Waals surface area contributed by atoms with Gasteiger partial charge in [-0.05, 0) is 43.7 Å². The minimum Gasteiger partial charge on any atom is -0.622 e. The molecule has 0 N–H and O–H groups in total. The highest BCUT2D eigenvalue weighted by atomic mass is 16.5. The van der Waals surface area contributed by atoms with Crippen molar-refractivity contribution < 1.29 is 4.74 Å². The SMILES string of the molecule is CN1C(C)(C)C(CCc2ccc3ccccc3c2)=[N+]([O-])C1(C)C. The third kappa shape index (κ3) is 2.53. The predicted molar refractivity (Wildman–Crippen MR) is 96.8 cm³/mol. The van der Waals surface area contributed by atoms with E-state index in [1.165, 1.54) is 21.1 Å². The molecule has 1 heterocycles. The molecule has 0 aliphatic carbocycles. The summed E-state index contributed by atoms with van der Waals surface area (Å²) in [5.41, 5.74) is 1.57. The number of nitrogens with zero attached hydrogens (tertiary/aromatic N) is 2. The van der Waals surface area contributed by atoms with E-state index in [1.54, 1.807) is 0 Å². The van der Waals surface area contributed by atoms with E-state index in [-0.39, 0.29) is 5.54 Å². The maximum atomic E-state index is 12.7. The van der Waals surface area contributed by atoms with E-state index in [4.69, 9.17) is 0 Å². The zero-order valence-electron chi connectivity index (χ0n) is 14.8. The van der Waals surface area contributed by atoms with Crippen molar-refractivity contribution >= 4 is 16.5 Å². The highest BCUT2D eigenvalue weighted by molar-refractivity contribution is 5.90. The lowest BCUT2D eigenvalue weighted by Gasteiger charge is -2.32. The normalized spacial score (nSPS) is 20.4. The van der Waals surface area contributed by atoms with Crippen molar-refractivity contribution in [3.63, 3.8) is 0 Å². The summed E-state index contributed by atoms with van der Waals surface area (Å²) < 4.78 is 1.22. The Hall–Kier alpha value is -1.87. The fourth-order valence-corrected chi connectivity index (χ4v) is 3.66. The molecule has 3 nitrogen and oxygen atoms in total. The summed E-state index contributed by atoms with van der Waals surface area (Å²) in [5.74, 6) is 0. The first-order valence-corrected chi connectivity index (χ1v) is 8.30. The molecule has 0 bridgehead atoms. The summed E-state index contributed by atoms with van der Waals surface area (Å²) in [6.07, 6.45) is 1.69. The molecular formula is C20H26N2O. The van der Waals surface area contributed by atoms with E-state index < -0.39 is 5.66 Å². The number of hydroxylamine groups is 1. The van der Waals surface area contributed by atoms with Crippen LogP contribution in [0.5, 0.6) is 0 Å². The molecule has 0 saturated heterocycles. The van der Waals surface area contributed by atoms with Gasteiger partial charge in [0.15, 0.2) is 5.71 Å². The fourth-order valence-electron chi connectivity index (χ4n) is 3.66. The van der Waals surface area contributed by atoms with Crippen molar-refractivity contribution in [3.05, 3.63) is 53.2 Å². The van der Waals surface area contributed by atoms with Crippen LogP contribution in [0, 0.1) is 5.21 Å². The number of hydrogen-bond acceptors (Lipinski definition) is 2. The zero-order valence-corrected chi connectivity index (χ0v) is 14.8. The fraction of sp³-hybridized carbons (Fsp3) is 0.450. The minimum atomic E-state index is -0.484. The van der Waals surface area contributed by atoms with Gasteiger partial charge in [0.2, 0.25) is 5.66 Å². The third-order valence-electron chi connectivity index (χ3n) is 5.57. The monoisotopic (exact) mass is 310 g/mol. The van der Waals surface area contributed by atoms with Gasteiger partial charge in [-0.1, -0.05) is 42.5 Å². The number of fused-ring (bicyclic) bond motifs is 1. The van der Waals surface area contributed by atoms with Gasteiger partial charge in [-0.3, -0.25) is 0 Å². The number of benzene rings is 2. The maximum Gasteiger partial charge on any atom is 0.224 e. The van der Waals surface area contributed by atoms with Crippen LogP contribution in [0.4, 0.5) is 0 Å². The van der Waals surface area contributed by atoms with Gasteiger partial charge in [-0.15, -0.1) is 0 Å². The second-order valence-corrected chi connectivity index (χ2v) is 7.54. The Balaban J connectivity index is 1.85. The van der Waals surface area contributed by atoms with Crippen LogP contribution in [0.1, 0.15) is 39.7 Å². The summed E-state index contributed by atoms with van der Waals surface area (Å²) in [6, 6.07) is 15.0. The lowest BCUT2D eigenvalue weighted by molar-refractivity contribution is -0.557. The van der Waals surface area contributed by atoms with Gasteiger partial charge in [0.1, 0.15) is 5.54 Å². The predicted octanol–water partition coefficient (Wildman–Crippen LogP) is 4.18. The topological polar surface area (TPSA) is 29.3 Å². The summed E-state index contributed by atoms with van der Waals surface area (Å²) in [5, 5.41) is 15.2. The Labute approximate surface area is 138 Å². The molecule has 0 radical (unpaired) electrons. The van der Waals surface area contributed by atoms with Gasteiger partial charge in [0.05, 0.1) is 0 Å². The van der Waals surface area contributed by atoms with E-state index >= 15 is 0 Å². The molecule has 3 rings (SSSR count). The maximum absolute atomic E-state index is 12.7. The number of rotatable bonds is 3. The molecule has 3 heteroatoms. The summed E-state index contributed by atoms with van der Waals surface area (Å²) in [7, 11) is 2.04. The van der Waals surface area contributed by atoms with E-state index in [1.807, 2.05) is 20.9 Å². The summed E-state index contributed by atoms with van der Waals surface area (Å²) in [6.45, 7) is 8.26. The molecular weight excluding hydrogens is 284 g/mol. The molecule has 0 unspecified atom stereocenters. The van der Waals surface area contributed by atoms with Crippen LogP contribution < -0.4 is 0 Å². The van der Waals surface area contributed by atoms with Crippen molar-refractivity contribution in [2.45, 2.75) is 51.7 Å². The summed E-state index contributed by atoms with van der Waals surface area (Å²) in [4.78, 5) is 2.17. The van der Waals surface area contributed by atoms with Crippen molar-refractivity contribution in [1.29, 1.82) is 0 Å². The number of aryl methyl sites for hydroxylation is 1. The van der Waals surface area contributed by atoms with Gasteiger partial charge in [-0.25, -0.2) is 4.90 Å². The van der Waals surface area contributed by atoms with Crippen LogP contribution in [-0.4, -0.2) is 33.6 Å². The molecule has 0 atom stereocenters. The first-order chi connectivity index (χ1) is 10.7. The van der Waals surface area contributed by atoms with Crippen molar-refractivity contribution in [2.24, 2.45) is 0 Å². The van der Waals surface area contributed by atoms with Crippen LogP contribution in [0.2, 0.25) is 0 Å². The van der Waals surface area contributed by atoms with E-state index in [0.717, 1.165) is 18.6 Å². The Morgan fingerprint density at radius 1 is 0.957 bits per heavy atom. The minimum absolute atomic E-state index is 0.206. The smallest absolute Gasteiger partial charge is 0.224 e. The highest BCUT2D eigenvalue weighted by Gasteiger charge is 2.53. The summed E-state index contributed by atoms with van der Waals surface area (Å²) >= 11 is 0. The van der Waals surface area contributed by atoms with Gasteiger partial charge >= 0.3 is 0 Å². The largest absolute Gasteiger partial charge is 0.622 e. The molecule has 0 fully saturated rings. The molecule has 0 amide bonds. The molecule has 2 aromatic carbocycles. The van der Waals surface area contributed by atoms with Crippen LogP contribution in [0.3, 0.4) is 0 Å². The van der Waals surface area contributed by atoms with Gasteiger partial charge < -0.3 is 5.21 Å². The van der Waals surface area contributed by atoms with Crippen LogP contribution in [0.25, 0.3) is 10.8 Å². The standard InChI is InChI=1S/C20H26N2O/c1-19(2)18(22(23)20(3,4)21(19)5)13-11-15-10-12-16-8-6-7-9-17(16)14-15/h6-10,12,14H,11,13H2,1-5H3. The molecule has 1 aliphatic rings. The molecule has 122 valence electrons. The second kappa shape index (κ2) is 5.34. The third-order valence-corrected chi connectivity index (χ3v) is 5.57. The van der Waals surface area contributed by atoms with Gasteiger partial charge in [0.25, 0.3) is 0 Å². The Morgan fingerprint density at radius 2 is 1.61 bits per heavy atom. The van der Waals surface area contributed by atoms with Gasteiger partial charge in [-0.2, -0.15) is 4.74 Å². The molecule has 0 saturated carbocycles. The van der Waals surface area contributed by atoms with E-state index in [0.29, 0.717) is 0 Å². The molecule has 0 aromatic heterocycles. The Morgan fingerprint density at radius 3 is 2.22 bits per heavy atom. The lowest BCUT2D eigenvalue weighted by atomic mass is 9.92. The Kier molecular flexibility index (Phi) is 3.72. The van der Waals surface area contributed by atoms with Crippen LogP contribution >= 0.6 is 0 Å². The first kappa shape index (κ1) is 16.0. The quantitative estimate of drug-likeness (QED) is 0.628. The van der Waals surface area contributed by atoms with Crippen LogP contribution in [0.15, 0.2) is 42.5 Å². The average Bonchev–Trinajstić information content (AvgIpc) is 2.63. The molecule has 1 aliphatic heterocycles. The highest BCUT2D eigenvalue weighted by Crippen LogP contribution is 2.34. The average molecular weight is 310 g/mol. The lowest BCUT2D eigenvalue weighted by Crippen LogP contribution is -2.50. The molecule has 0 spiro atoms. The van der Waals surface area contributed by atoms with Crippen molar-refractivity contribution in [1.82, 2.24) is 4.90 Å². The zero-order chi connectivity index (χ0) is 16.8. The molecule has 2 aromatic rings.